The minimum Gasteiger partial charge on any atom is -0.469 e. The fourth-order valence-corrected chi connectivity index (χ4v) is 1.79. The Balaban J connectivity index is 2.23. The third kappa shape index (κ3) is 2.43. The highest BCUT2D eigenvalue weighted by atomic mass is 16.3. The second kappa shape index (κ2) is 5.05. The van der Waals surface area contributed by atoms with Gasteiger partial charge in [0.25, 0.3) is 0 Å². The van der Waals surface area contributed by atoms with Crippen LogP contribution in [-0.2, 0) is 6.54 Å². The predicted molar refractivity (Wildman–Crippen MR) is 70.1 cm³/mol. The van der Waals surface area contributed by atoms with Gasteiger partial charge in [0.05, 0.1) is 6.26 Å². The van der Waals surface area contributed by atoms with Crippen molar-refractivity contribution in [3.05, 3.63) is 35.4 Å². The molecule has 0 spiro atoms. The molecule has 0 atom stereocenters. The monoisotopic (exact) mass is 247 g/mol. The van der Waals surface area contributed by atoms with Gasteiger partial charge in [-0.05, 0) is 19.9 Å². The Bertz CT molecular complexity index is 537. The molecule has 0 saturated heterocycles. The zero-order valence-electron chi connectivity index (χ0n) is 10.8. The van der Waals surface area contributed by atoms with Gasteiger partial charge in [-0.3, -0.25) is 5.43 Å². The molecule has 0 bridgehead atoms. The predicted octanol–water partition coefficient (Wildman–Crippen LogP) is 1.61. The topological polar surface area (TPSA) is 80.2 Å². The van der Waals surface area contributed by atoms with Gasteiger partial charge in [-0.1, -0.05) is 0 Å². The summed E-state index contributed by atoms with van der Waals surface area (Å²) < 4.78 is 5.28. The molecule has 2 aromatic heterocycles. The molecule has 0 aliphatic rings. The van der Waals surface area contributed by atoms with Gasteiger partial charge in [-0.15, -0.1) is 0 Å². The molecule has 96 valence electrons. The normalized spacial score (nSPS) is 10.4. The lowest BCUT2D eigenvalue weighted by molar-refractivity contribution is 0.529. The summed E-state index contributed by atoms with van der Waals surface area (Å²) in [6, 6.07) is 1.96. The zero-order chi connectivity index (χ0) is 13.1. The number of aromatic nitrogens is 2. The van der Waals surface area contributed by atoms with E-state index in [1.54, 1.807) is 12.5 Å². The van der Waals surface area contributed by atoms with E-state index in [-0.39, 0.29) is 0 Å². The van der Waals surface area contributed by atoms with E-state index >= 15 is 0 Å². The number of rotatable bonds is 4. The molecule has 2 heterocycles. The van der Waals surface area contributed by atoms with Crippen molar-refractivity contribution in [2.45, 2.75) is 20.4 Å². The fourth-order valence-electron chi connectivity index (χ4n) is 1.79. The standard InChI is InChI=1S/C12H17N5O/c1-8-6-14-12(16-13)15-11(8)17(3)7-10-4-5-18-9(10)2/h4-6H,7,13H2,1-3H3,(H,14,15,16). The first-order chi connectivity index (χ1) is 8.61. The molecule has 18 heavy (non-hydrogen) atoms. The quantitative estimate of drug-likeness (QED) is 0.631. The number of nitrogens with two attached hydrogens (primary N) is 1. The fraction of sp³-hybridized carbons (Fsp3) is 0.333. The molecule has 2 aromatic rings. The van der Waals surface area contributed by atoms with Crippen LogP contribution in [0.25, 0.3) is 0 Å². The van der Waals surface area contributed by atoms with Gasteiger partial charge in [0.1, 0.15) is 11.6 Å². The van der Waals surface area contributed by atoms with Crippen LogP contribution >= 0.6 is 0 Å². The van der Waals surface area contributed by atoms with E-state index in [1.165, 1.54) is 0 Å². The van der Waals surface area contributed by atoms with Crippen molar-refractivity contribution in [2.24, 2.45) is 5.84 Å². The number of hydrogen-bond acceptors (Lipinski definition) is 6. The van der Waals surface area contributed by atoms with E-state index in [1.807, 2.05) is 31.9 Å². The van der Waals surface area contributed by atoms with Crippen molar-refractivity contribution in [3.8, 4) is 0 Å². The Morgan fingerprint density at radius 2 is 2.22 bits per heavy atom. The second-order valence-electron chi connectivity index (χ2n) is 4.20. The summed E-state index contributed by atoms with van der Waals surface area (Å²) in [6.07, 6.45) is 3.44. The van der Waals surface area contributed by atoms with Crippen LogP contribution in [0.1, 0.15) is 16.9 Å². The first-order valence-electron chi connectivity index (χ1n) is 5.66. The van der Waals surface area contributed by atoms with Crippen molar-refractivity contribution in [2.75, 3.05) is 17.4 Å². The van der Waals surface area contributed by atoms with E-state index in [4.69, 9.17) is 10.3 Å². The van der Waals surface area contributed by atoms with Crippen LogP contribution in [0.5, 0.6) is 0 Å². The molecule has 6 nitrogen and oxygen atoms in total. The molecule has 0 aliphatic heterocycles. The number of anilines is 2. The average Bonchev–Trinajstić information content (AvgIpc) is 2.75. The van der Waals surface area contributed by atoms with E-state index < -0.39 is 0 Å². The summed E-state index contributed by atoms with van der Waals surface area (Å²) in [7, 11) is 1.97. The lowest BCUT2D eigenvalue weighted by Crippen LogP contribution is -2.21. The summed E-state index contributed by atoms with van der Waals surface area (Å²) in [6.45, 7) is 4.64. The third-order valence-electron chi connectivity index (χ3n) is 2.81. The molecule has 0 amide bonds. The van der Waals surface area contributed by atoms with Crippen LogP contribution in [0.3, 0.4) is 0 Å². The number of nitrogens with zero attached hydrogens (tertiary/aromatic N) is 3. The van der Waals surface area contributed by atoms with Crippen molar-refractivity contribution >= 4 is 11.8 Å². The first kappa shape index (κ1) is 12.4. The molecular formula is C12H17N5O. The second-order valence-corrected chi connectivity index (χ2v) is 4.20. The van der Waals surface area contributed by atoms with Crippen LogP contribution in [-0.4, -0.2) is 17.0 Å². The first-order valence-corrected chi connectivity index (χ1v) is 5.66. The van der Waals surface area contributed by atoms with E-state index in [0.717, 1.165) is 29.2 Å². The molecule has 0 saturated carbocycles. The van der Waals surface area contributed by atoms with Crippen LogP contribution in [0.2, 0.25) is 0 Å². The molecule has 6 heteroatoms. The van der Waals surface area contributed by atoms with Gasteiger partial charge in [-0.2, -0.15) is 4.98 Å². The average molecular weight is 247 g/mol. The van der Waals surface area contributed by atoms with Gasteiger partial charge in [0.15, 0.2) is 0 Å². The highest BCUT2D eigenvalue weighted by Gasteiger charge is 2.11. The largest absolute Gasteiger partial charge is 0.469 e. The van der Waals surface area contributed by atoms with E-state index in [0.29, 0.717) is 5.95 Å². The van der Waals surface area contributed by atoms with E-state index in [2.05, 4.69) is 15.4 Å². The third-order valence-corrected chi connectivity index (χ3v) is 2.81. The lowest BCUT2D eigenvalue weighted by atomic mass is 10.2. The van der Waals surface area contributed by atoms with Gasteiger partial charge in [0, 0.05) is 30.9 Å². The maximum atomic E-state index is 5.32. The van der Waals surface area contributed by atoms with Crippen LogP contribution in [0.4, 0.5) is 11.8 Å². The Morgan fingerprint density at radius 3 is 2.83 bits per heavy atom. The Hall–Kier alpha value is -2.08. The summed E-state index contributed by atoms with van der Waals surface area (Å²) in [5.41, 5.74) is 4.59. The van der Waals surface area contributed by atoms with Crippen LogP contribution in [0, 0.1) is 13.8 Å². The number of nitrogen functional groups attached to an aromatic ring is 1. The highest BCUT2D eigenvalue weighted by Crippen LogP contribution is 2.20. The molecule has 2 rings (SSSR count). The van der Waals surface area contributed by atoms with Crippen molar-refractivity contribution in [3.63, 3.8) is 0 Å². The molecule has 0 unspecified atom stereocenters. The molecular weight excluding hydrogens is 230 g/mol. The Labute approximate surface area is 106 Å². The number of aryl methyl sites for hydroxylation is 2. The minimum atomic E-state index is 0.409. The molecule has 0 aliphatic carbocycles. The minimum absolute atomic E-state index is 0.409. The van der Waals surface area contributed by atoms with Crippen molar-refractivity contribution < 1.29 is 4.42 Å². The number of nitrogens with one attached hydrogen (secondary N) is 1. The van der Waals surface area contributed by atoms with E-state index in [9.17, 15) is 0 Å². The Morgan fingerprint density at radius 1 is 1.44 bits per heavy atom. The molecule has 0 aromatic carbocycles. The maximum absolute atomic E-state index is 5.32. The van der Waals surface area contributed by atoms with Gasteiger partial charge >= 0.3 is 0 Å². The molecule has 0 fully saturated rings. The Kier molecular flexibility index (Phi) is 3.47. The van der Waals surface area contributed by atoms with Crippen molar-refractivity contribution in [1.29, 1.82) is 0 Å². The lowest BCUT2D eigenvalue weighted by Gasteiger charge is -2.20. The van der Waals surface area contributed by atoms with Crippen molar-refractivity contribution in [1.82, 2.24) is 9.97 Å². The number of hydrogen-bond donors (Lipinski definition) is 2. The maximum Gasteiger partial charge on any atom is 0.239 e. The SMILES string of the molecule is Cc1cnc(NN)nc1N(C)Cc1ccoc1C. The molecule has 0 radical (unpaired) electrons. The highest BCUT2D eigenvalue weighted by molar-refractivity contribution is 5.48. The van der Waals surface area contributed by atoms with Gasteiger partial charge in [-0.25, -0.2) is 10.8 Å². The van der Waals surface area contributed by atoms with Gasteiger partial charge in [0.2, 0.25) is 5.95 Å². The number of hydrazine groups is 1. The van der Waals surface area contributed by atoms with Gasteiger partial charge < -0.3 is 9.32 Å². The summed E-state index contributed by atoms with van der Waals surface area (Å²) >= 11 is 0. The summed E-state index contributed by atoms with van der Waals surface area (Å²) in [5, 5.41) is 0. The zero-order valence-corrected chi connectivity index (χ0v) is 10.8. The molecule has 3 N–H and O–H groups in total. The smallest absolute Gasteiger partial charge is 0.239 e. The van der Waals surface area contributed by atoms with Crippen LogP contribution in [0.15, 0.2) is 22.9 Å². The number of furan rings is 1. The van der Waals surface area contributed by atoms with Crippen LogP contribution < -0.4 is 16.2 Å². The summed E-state index contributed by atoms with van der Waals surface area (Å²) in [4.78, 5) is 10.4. The summed E-state index contributed by atoms with van der Waals surface area (Å²) in [5.74, 6) is 7.50.